The number of carbonyl (C=O) groups excluding carboxylic acids is 2. The molecule has 0 spiro atoms. The van der Waals surface area contributed by atoms with E-state index in [1.165, 1.54) is 0 Å². The van der Waals surface area contributed by atoms with E-state index in [-0.39, 0.29) is 17.9 Å². The van der Waals surface area contributed by atoms with Crippen LogP contribution in [0.1, 0.15) is 33.1 Å². The van der Waals surface area contributed by atoms with E-state index in [4.69, 9.17) is 5.73 Å². The van der Waals surface area contributed by atoms with Crippen LogP contribution in [0.15, 0.2) is 0 Å². The SMILES string of the molecule is CCC(N)CC(=O)N1CCC(C)(C(=O)NC)C1. The number of carbonyl (C=O) groups is 2. The van der Waals surface area contributed by atoms with Gasteiger partial charge in [0.1, 0.15) is 0 Å². The van der Waals surface area contributed by atoms with Crippen molar-refractivity contribution in [1.29, 1.82) is 0 Å². The fraction of sp³-hybridized carbons (Fsp3) is 0.833. The lowest BCUT2D eigenvalue weighted by Gasteiger charge is -2.23. The monoisotopic (exact) mass is 241 g/mol. The Kier molecular flexibility index (Phi) is 4.51. The van der Waals surface area contributed by atoms with Gasteiger partial charge in [-0.05, 0) is 19.8 Å². The summed E-state index contributed by atoms with van der Waals surface area (Å²) in [5.74, 6) is 0.0690. The van der Waals surface area contributed by atoms with Crippen molar-refractivity contribution < 1.29 is 9.59 Å². The Labute approximate surface area is 103 Å². The maximum atomic E-state index is 11.9. The van der Waals surface area contributed by atoms with E-state index in [0.717, 1.165) is 12.8 Å². The summed E-state index contributed by atoms with van der Waals surface area (Å²) in [6.45, 7) is 5.02. The standard InChI is InChI=1S/C12H23N3O2/c1-4-9(13)7-10(16)15-6-5-12(2,8-15)11(17)14-3/h9H,4-8,13H2,1-3H3,(H,14,17). The summed E-state index contributed by atoms with van der Waals surface area (Å²) >= 11 is 0. The van der Waals surface area contributed by atoms with Crippen molar-refractivity contribution in [3.05, 3.63) is 0 Å². The van der Waals surface area contributed by atoms with Crippen molar-refractivity contribution >= 4 is 11.8 Å². The van der Waals surface area contributed by atoms with Gasteiger partial charge in [-0.25, -0.2) is 0 Å². The molecule has 1 aliphatic rings. The molecule has 0 aromatic heterocycles. The van der Waals surface area contributed by atoms with E-state index in [9.17, 15) is 9.59 Å². The molecule has 2 unspecified atom stereocenters. The van der Waals surface area contributed by atoms with Crippen molar-refractivity contribution in [2.24, 2.45) is 11.1 Å². The number of rotatable bonds is 4. The third-order valence-electron chi connectivity index (χ3n) is 3.56. The molecule has 3 N–H and O–H groups in total. The van der Waals surface area contributed by atoms with Crippen molar-refractivity contribution in [3.8, 4) is 0 Å². The Bertz CT molecular complexity index is 306. The number of amides is 2. The van der Waals surface area contributed by atoms with Crippen LogP contribution in [0.4, 0.5) is 0 Å². The Morgan fingerprint density at radius 2 is 2.18 bits per heavy atom. The van der Waals surface area contributed by atoms with Gasteiger partial charge < -0.3 is 16.0 Å². The van der Waals surface area contributed by atoms with Crippen molar-refractivity contribution in [1.82, 2.24) is 10.2 Å². The molecular weight excluding hydrogens is 218 g/mol. The van der Waals surface area contributed by atoms with Gasteiger partial charge in [0.2, 0.25) is 11.8 Å². The van der Waals surface area contributed by atoms with E-state index in [0.29, 0.717) is 19.5 Å². The van der Waals surface area contributed by atoms with Crippen LogP contribution in [0, 0.1) is 5.41 Å². The summed E-state index contributed by atoms with van der Waals surface area (Å²) in [4.78, 5) is 25.4. The zero-order valence-electron chi connectivity index (χ0n) is 11.0. The van der Waals surface area contributed by atoms with Crippen LogP contribution in [0.25, 0.3) is 0 Å². The molecule has 1 aliphatic heterocycles. The van der Waals surface area contributed by atoms with Crippen LogP contribution < -0.4 is 11.1 Å². The van der Waals surface area contributed by atoms with Gasteiger partial charge in [-0.15, -0.1) is 0 Å². The highest BCUT2D eigenvalue weighted by molar-refractivity contribution is 5.84. The van der Waals surface area contributed by atoms with Crippen LogP contribution in [0.5, 0.6) is 0 Å². The Morgan fingerprint density at radius 1 is 1.53 bits per heavy atom. The molecule has 0 radical (unpaired) electrons. The average molecular weight is 241 g/mol. The molecule has 0 saturated carbocycles. The summed E-state index contributed by atoms with van der Waals surface area (Å²) in [7, 11) is 1.63. The van der Waals surface area contributed by atoms with Crippen LogP contribution >= 0.6 is 0 Å². The van der Waals surface area contributed by atoms with Crippen molar-refractivity contribution in [2.75, 3.05) is 20.1 Å². The number of hydrogen-bond donors (Lipinski definition) is 2. The lowest BCUT2D eigenvalue weighted by atomic mass is 9.89. The summed E-state index contributed by atoms with van der Waals surface area (Å²) in [5, 5.41) is 2.66. The van der Waals surface area contributed by atoms with Crippen molar-refractivity contribution in [3.63, 3.8) is 0 Å². The third-order valence-corrected chi connectivity index (χ3v) is 3.56. The summed E-state index contributed by atoms with van der Waals surface area (Å²) in [6.07, 6.45) is 1.90. The van der Waals surface area contributed by atoms with Gasteiger partial charge in [-0.1, -0.05) is 6.92 Å². The molecule has 0 bridgehead atoms. The molecule has 17 heavy (non-hydrogen) atoms. The third kappa shape index (κ3) is 3.19. The van der Waals surface area contributed by atoms with E-state index in [1.807, 2.05) is 13.8 Å². The Morgan fingerprint density at radius 3 is 2.71 bits per heavy atom. The molecule has 1 fully saturated rings. The second kappa shape index (κ2) is 5.49. The number of likely N-dealkylation sites (tertiary alicyclic amines) is 1. The van der Waals surface area contributed by atoms with Gasteiger partial charge in [0, 0.05) is 32.6 Å². The molecule has 0 aromatic rings. The molecule has 98 valence electrons. The Balaban J connectivity index is 2.55. The minimum atomic E-state index is -0.444. The van der Waals surface area contributed by atoms with Gasteiger partial charge in [-0.2, -0.15) is 0 Å². The second-order valence-electron chi connectivity index (χ2n) is 5.08. The van der Waals surface area contributed by atoms with Gasteiger partial charge >= 0.3 is 0 Å². The summed E-state index contributed by atoms with van der Waals surface area (Å²) < 4.78 is 0. The van der Waals surface area contributed by atoms with E-state index < -0.39 is 5.41 Å². The van der Waals surface area contributed by atoms with Gasteiger partial charge in [0.25, 0.3) is 0 Å². The predicted molar refractivity (Wildman–Crippen MR) is 66.3 cm³/mol. The highest BCUT2D eigenvalue weighted by Crippen LogP contribution is 2.30. The van der Waals surface area contributed by atoms with Gasteiger partial charge in [-0.3, -0.25) is 9.59 Å². The van der Waals surface area contributed by atoms with Crippen molar-refractivity contribution in [2.45, 2.75) is 39.2 Å². The van der Waals surface area contributed by atoms with E-state index in [1.54, 1.807) is 11.9 Å². The molecule has 1 saturated heterocycles. The predicted octanol–water partition coefficient (Wildman–Crippen LogP) is 0.0984. The zero-order chi connectivity index (χ0) is 13.1. The average Bonchev–Trinajstić information content (AvgIpc) is 2.72. The molecular formula is C12H23N3O2. The molecule has 1 heterocycles. The summed E-state index contributed by atoms with van der Waals surface area (Å²) in [6, 6.07) is -0.0747. The number of hydrogen-bond acceptors (Lipinski definition) is 3. The molecule has 1 rings (SSSR count). The van der Waals surface area contributed by atoms with E-state index >= 15 is 0 Å². The first-order valence-electron chi connectivity index (χ1n) is 6.18. The van der Waals surface area contributed by atoms with Crippen LogP contribution in [-0.2, 0) is 9.59 Å². The Hall–Kier alpha value is -1.10. The topological polar surface area (TPSA) is 75.4 Å². The first-order chi connectivity index (χ1) is 7.92. The molecule has 5 heteroatoms. The lowest BCUT2D eigenvalue weighted by molar-refractivity contribution is -0.132. The fourth-order valence-corrected chi connectivity index (χ4v) is 2.16. The highest BCUT2D eigenvalue weighted by Gasteiger charge is 2.41. The fourth-order valence-electron chi connectivity index (χ4n) is 2.16. The minimum absolute atomic E-state index is 0.00703. The quantitative estimate of drug-likeness (QED) is 0.733. The maximum Gasteiger partial charge on any atom is 0.227 e. The molecule has 5 nitrogen and oxygen atoms in total. The lowest BCUT2D eigenvalue weighted by Crippen LogP contribution is -2.41. The first-order valence-corrected chi connectivity index (χ1v) is 6.18. The normalized spacial score (nSPS) is 25.8. The van der Waals surface area contributed by atoms with Gasteiger partial charge in [0.15, 0.2) is 0 Å². The molecule has 2 amide bonds. The molecule has 0 aliphatic carbocycles. The number of nitrogens with two attached hydrogens (primary N) is 1. The largest absolute Gasteiger partial charge is 0.359 e. The van der Waals surface area contributed by atoms with Gasteiger partial charge in [0.05, 0.1) is 5.41 Å². The van der Waals surface area contributed by atoms with Crippen LogP contribution in [-0.4, -0.2) is 42.9 Å². The van der Waals surface area contributed by atoms with Crippen LogP contribution in [0.3, 0.4) is 0 Å². The summed E-state index contributed by atoms with van der Waals surface area (Å²) in [5.41, 5.74) is 5.32. The molecule has 2 atom stereocenters. The maximum absolute atomic E-state index is 11.9. The number of nitrogens with zero attached hydrogens (tertiary/aromatic N) is 1. The smallest absolute Gasteiger partial charge is 0.227 e. The zero-order valence-corrected chi connectivity index (χ0v) is 11.0. The second-order valence-corrected chi connectivity index (χ2v) is 5.08. The highest BCUT2D eigenvalue weighted by atomic mass is 16.2. The van der Waals surface area contributed by atoms with E-state index in [2.05, 4.69) is 5.32 Å². The van der Waals surface area contributed by atoms with Crippen LogP contribution in [0.2, 0.25) is 0 Å². The minimum Gasteiger partial charge on any atom is -0.359 e. The molecule has 0 aromatic carbocycles. The number of nitrogens with one attached hydrogen (secondary N) is 1. The first kappa shape index (κ1) is 14.0.